The van der Waals surface area contributed by atoms with Crippen LogP contribution in [0.3, 0.4) is 0 Å². The molecule has 0 fully saturated rings. The zero-order valence-corrected chi connectivity index (χ0v) is 12.5. The van der Waals surface area contributed by atoms with Crippen LogP contribution in [0.4, 0.5) is 0 Å². The van der Waals surface area contributed by atoms with Gasteiger partial charge in [-0.2, -0.15) is 0 Å². The lowest BCUT2D eigenvalue weighted by Crippen LogP contribution is -2.33. The lowest BCUT2D eigenvalue weighted by atomic mass is 10.1. The molecule has 0 aromatic heterocycles. The number of methoxy groups -OCH3 is 3. The molecular weight excluding hydrogens is 274 g/mol. The second-order valence-corrected chi connectivity index (χ2v) is 4.49. The van der Waals surface area contributed by atoms with Crippen LogP contribution < -0.4 is 10.1 Å². The number of hydrogen-bond acceptors (Lipinski definition) is 6. The van der Waals surface area contributed by atoms with Crippen LogP contribution in [0.2, 0.25) is 0 Å². The Morgan fingerprint density at radius 2 is 1.71 bits per heavy atom. The topological polar surface area (TPSA) is 73.9 Å². The standard InChI is InChI=1S/C15H21NO5/c1-19-13-6-4-5-11(7-13)10-16-12(8-14(17)20-2)9-15(18)21-3/h4-7,12,16H,8-10H2,1-3H3. The number of nitrogens with one attached hydrogen (secondary N) is 1. The zero-order valence-electron chi connectivity index (χ0n) is 12.5. The smallest absolute Gasteiger partial charge is 0.307 e. The van der Waals surface area contributed by atoms with Gasteiger partial charge >= 0.3 is 11.9 Å². The molecule has 0 aliphatic heterocycles. The molecule has 0 aliphatic carbocycles. The predicted octanol–water partition coefficient (Wildman–Crippen LogP) is 1.28. The van der Waals surface area contributed by atoms with E-state index >= 15 is 0 Å². The molecular formula is C15H21NO5. The van der Waals surface area contributed by atoms with Crippen molar-refractivity contribution in [3.05, 3.63) is 29.8 Å². The molecule has 0 aliphatic rings. The van der Waals surface area contributed by atoms with E-state index in [1.807, 2.05) is 24.3 Å². The third-order valence-electron chi connectivity index (χ3n) is 3.01. The Morgan fingerprint density at radius 3 is 2.24 bits per heavy atom. The Morgan fingerprint density at radius 1 is 1.10 bits per heavy atom. The van der Waals surface area contributed by atoms with E-state index in [2.05, 4.69) is 14.8 Å². The van der Waals surface area contributed by atoms with Gasteiger partial charge in [-0.05, 0) is 17.7 Å². The van der Waals surface area contributed by atoms with Gasteiger partial charge in [-0.25, -0.2) is 0 Å². The molecule has 21 heavy (non-hydrogen) atoms. The van der Waals surface area contributed by atoms with Crippen LogP contribution in [-0.4, -0.2) is 39.3 Å². The number of benzene rings is 1. The summed E-state index contributed by atoms with van der Waals surface area (Å²) in [6.45, 7) is 0.510. The summed E-state index contributed by atoms with van der Waals surface area (Å²) >= 11 is 0. The summed E-state index contributed by atoms with van der Waals surface area (Å²) in [5.41, 5.74) is 0.995. The van der Waals surface area contributed by atoms with Gasteiger partial charge in [0, 0.05) is 12.6 Å². The highest BCUT2D eigenvalue weighted by Gasteiger charge is 2.18. The Balaban J connectivity index is 2.62. The summed E-state index contributed by atoms with van der Waals surface area (Å²) in [6.07, 6.45) is 0.213. The summed E-state index contributed by atoms with van der Waals surface area (Å²) in [5.74, 6) is 0.0101. The highest BCUT2D eigenvalue weighted by molar-refractivity contribution is 5.73. The molecule has 0 spiro atoms. The van der Waals surface area contributed by atoms with E-state index in [0.717, 1.165) is 11.3 Å². The molecule has 6 heteroatoms. The van der Waals surface area contributed by atoms with E-state index < -0.39 is 0 Å². The van der Waals surface area contributed by atoms with Crippen LogP contribution in [0.25, 0.3) is 0 Å². The third-order valence-corrected chi connectivity index (χ3v) is 3.01. The molecule has 1 N–H and O–H groups in total. The molecule has 0 radical (unpaired) electrons. The maximum atomic E-state index is 11.4. The second-order valence-electron chi connectivity index (χ2n) is 4.49. The van der Waals surface area contributed by atoms with Crippen molar-refractivity contribution in [3.8, 4) is 5.75 Å². The van der Waals surface area contributed by atoms with Crippen molar-refractivity contribution in [3.63, 3.8) is 0 Å². The highest BCUT2D eigenvalue weighted by atomic mass is 16.5. The Bertz CT molecular complexity index is 457. The van der Waals surface area contributed by atoms with E-state index in [9.17, 15) is 9.59 Å². The summed E-state index contributed by atoms with van der Waals surface area (Å²) in [5, 5.41) is 3.16. The lowest BCUT2D eigenvalue weighted by molar-refractivity contribution is -0.143. The van der Waals surface area contributed by atoms with Crippen LogP contribution in [0, 0.1) is 0 Å². The largest absolute Gasteiger partial charge is 0.497 e. The maximum absolute atomic E-state index is 11.4. The minimum Gasteiger partial charge on any atom is -0.497 e. The Labute approximate surface area is 124 Å². The number of ether oxygens (including phenoxy) is 3. The summed E-state index contributed by atoms with van der Waals surface area (Å²) in [6, 6.07) is 7.22. The highest BCUT2D eigenvalue weighted by Crippen LogP contribution is 2.13. The molecule has 0 saturated carbocycles. The normalized spacial score (nSPS) is 10.3. The number of carbonyl (C=O) groups excluding carboxylic acids is 2. The van der Waals surface area contributed by atoms with E-state index in [1.54, 1.807) is 7.11 Å². The average molecular weight is 295 g/mol. The first-order valence-corrected chi connectivity index (χ1v) is 6.59. The Kier molecular flexibility index (Phi) is 7.25. The molecule has 0 amide bonds. The van der Waals surface area contributed by atoms with Crippen molar-refractivity contribution < 1.29 is 23.8 Å². The van der Waals surface area contributed by atoms with Crippen LogP contribution in [-0.2, 0) is 25.6 Å². The molecule has 0 heterocycles. The number of carbonyl (C=O) groups is 2. The first-order valence-electron chi connectivity index (χ1n) is 6.59. The van der Waals surface area contributed by atoms with Gasteiger partial charge in [0.1, 0.15) is 5.75 Å². The van der Waals surface area contributed by atoms with E-state index in [4.69, 9.17) is 4.74 Å². The van der Waals surface area contributed by atoms with Gasteiger partial charge in [0.15, 0.2) is 0 Å². The number of hydrogen-bond donors (Lipinski definition) is 1. The van der Waals surface area contributed by atoms with Crippen molar-refractivity contribution >= 4 is 11.9 Å². The quantitative estimate of drug-likeness (QED) is 0.728. The van der Waals surface area contributed by atoms with E-state index in [0.29, 0.717) is 6.54 Å². The van der Waals surface area contributed by atoms with Crippen molar-refractivity contribution in [1.82, 2.24) is 5.32 Å². The molecule has 0 atom stereocenters. The van der Waals surface area contributed by atoms with Gasteiger partial charge in [-0.1, -0.05) is 12.1 Å². The number of esters is 2. The second kappa shape index (κ2) is 8.97. The lowest BCUT2D eigenvalue weighted by Gasteiger charge is -2.16. The molecule has 1 aromatic carbocycles. The van der Waals surface area contributed by atoms with Crippen LogP contribution in [0.5, 0.6) is 5.75 Å². The molecule has 0 saturated heterocycles. The van der Waals surface area contributed by atoms with E-state index in [-0.39, 0.29) is 30.8 Å². The summed E-state index contributed by atoms with van der Waals surface area (Å²) in [7, 11) is 4.24. The molecule has 1 rings (SSSR count). The molecule has 6 nitrogen and oxygen atoms in total. The summed E-state index contributed by atoms with van der Waals surface area (Å²) in [4.78, 5) is 22.7. The number of rotatable bonds is 8. The van der Waals surface area contributed by atoms with Crippen molar-refractivity contribution in [1.29, 1.82) is 0 Å². The Hall–Kier alpha value is -2.08. The fourth-order valence-corrected chi connectivity index (χ4v) is 1.83. The molecule has 1 aromatic rings. The van der Waals surface area contributed by atoms with Gasteiger partial charge < -0.3 is 19.5 Å². The average Bonchev–Trinajstić information content (AvgIpc) is 2.52. The minimum absolute atomic E-state index is 0.107. The van der Waals surface area contributed by atoms with Gasteiger partial charge in [-0.3, -0.25) is 9.59 Å². The monoisotopic (exact) mass is 295 g/mol. The third kappa shape index (κ3) is 6.27. The maximum Gasteiger partial charge on any atom is 0.307 e. The van der Waals surface area contributed by atoms with Crippen LogP contribution in [0.1, 0.15) is 18.4 Å². The van der Waals surface area contributed by atoms with Crippen LogP contribution in [0.15, 0.2) is 24.3 Å². The van der Waals surface area contributed by atoms with Gasteiger partial charge in [0.05, 0.1) is 34.2 Å². The van der Waals surface area contributed by atoms with Gasteiger partial charge in [0.2, 0.25) is 0 Å². The summed E-state index contributed by atoms with van der Waals surface area (Å²) < 4.78 is 14.4. The van der Waals surface area contributed by atoms with Gasteiger partial charge in [-0.15, -0.1) is 0 Å². The zero-order chi connectivity index (χ0) is 15.7. The minimum atomic E-state index is -0.373. The van der Waals surface area contributed by atoms with Crippen molar-refractivity contribution in [2.24, 2.45) is 0 Å². The van der Waals surface area contributed by atoms with Crippen LogP contribution >= 0.6 is 0 Å². The fraction of sp³-hybridized carbons (Fsp3) is 0.467. The van der Waals surface area contributed by atoms with Crippen molar-refractivity contribution in [2.75, 3.05) is 21.3 Å². The van der Waals surface area contributed by atoms with E-state index in [1.165, 1.54) is 14.2 Å². The predicted molar refractivity (Wildman–Crippen MR) is 76.9 cm³/mol. The first kappa shape index (κ1) is 17.0. The van der Waals surface area contributed by atoms with Crippen molar-refractivity contribution in [2.45, 2.75) is 25.4 Å². The first-order chi connectivity index (χ1) is 10.1. The molecule has 0 unspecified atom stereocenters. The SMILES string of the molecule is COC(=O)CC(CC(=O)OC)NCc1cccc(OC)c1. The van der Waals surface area contributed by atoms with Gasteiger partial charge in [0.25, 0.3) is 0 Å². The fourth-order valence-electron chi connectivity index (χ4n) is 1.83. The molecule has 116 valence electrons. The molecule has 0 bridgehead atoms.